The maximum atomic E-state index is 12.8. The van der Waals surface area contributed by atoms with E-state index in [1.807, 2.05) is 0 Å². The second-order valence-electron chi connectivity index (χ2n) is 5.78. The van der Waals surface area contributed by atoms with Crippen LogP contribution in [-0.2, 0) is 24.4 Å². The predicted molar refractivity (Wildman–Crippen MR) is 104 cm³/mol. The molecule has 0 radical (unpaired) electrons. The van der Waals surface area contributed by atoms with Crippen molar-refractivity contribution in [2.24, 2.45) is 0 Å². The molecule has 0 bridgehead atoms. The monoisotopic (exact) mass is 420 g/mol. The standard InChI is InChI=1S/C20H20O8S/c1-13-5-8-15(20(22)27-4)12-18(13)29(23,24)28-16-9-6-14(11-17(16)25-2)7-10-19(21)26-3/h5-12H,1-4H3/b10-7+. The molecule has 0 aliphatic carbocycles. The quantitative estimate of drug-likeness (QED) is 0.382. The minimum Gasteiger partial charge on any atom is -0.493 e. The van der Waals surface area contributed by atoms with Crippen LogP contribution in [0.15, 0.2) is 47.4 Å². The van der Waals surface area contributed by atoms with Crippen LogP contribution in [0.25, 0.3) is 6.08 Å². The summed E-state index contributed by atoms with van der Waals surface area (Å²) < 4.78 is 45.2. The van der Waals surface area contributed by atoms with E-state index in [-0.39, 0.29) is 22.0 Å². The Morgan fingerprint density at radius 2 is 1.66 bits per heavy atom. The van der Waals surface area contributed by atoms with E-state index in [0.29, 0.717) is 11.1 Å². The molecule has 0 amide bonds. The SMILES string of the molecule is COC(=O)/C=C/c1ccc(OS(=O)(=O)c2cc(C(=O)OC)ccc2C)c(OC)c1. The first-order chi connectivity index (χ1) is 13.7. The lowest BCUT2D eigenvalue weighted by atomic mass is 10.1. The average molecular weight is 420 g/mol. The van der Waals surface area contributed by atoms with Crippen molar-refractivity contribution in [1.82, 2.24) is 0 Å². The highest BCUT2D eigenvalue weighted by Gasteiger charge is 2.23. The van der Waals surface area contributed by atoms with Gasteiger partial charge in [0.2, 0.25) is 0 Å². The van der Waals surface area contributed by atoms with E-state index in [9.17, 15) is 18.0 Å². The van der Waals surface area contributed by atoms with Crippen LogP contribution in [0.1, 0.15) is 21.5 Å². The number of methoxy groups -OCH3 is 3. The van der Waals surface area contributed by atoms with Gasteiger partial charge in [-0.25, -0.2) is 9.59 Å². The molecule has 0 N–H and O–H groups in total. The summed E-state index contributed by atoms with van der Waals surface area (Å²) in [6.45, 7) is 1.58. The number of esters is 2. The zero-order chi connectivity index (χ0) is 21.6. The molecule has 0 saturated heterocycles. The van der Waals surface area contributed by atoms with Crippen molar-refractivity contribution in [3.05, 3.63) is 59.2 Å². The molecule has 0 spiro atoms. The van der Waals surface area contributed by atoms with Crippen LogP contribution in [0.4, 0.5) is 0 Å². The number of hydrogen-bond donors (Lipinski definition) is 0. The van der Waals surface area contributed by atoms with Crippen LogP contribution in [0.3, 0.4) is 0 Å². The average Bonchev–Trinajstić information content (AvgIpc) is 2.71. The topological polar surface area (TPSA) is 105 Å². The van der Waals surface area contributed by atoms with E-state index in [1.165, 1.54) is 63.8 Å². The first-order valence-electron chi connectivity index (χ1n) is 8.29. The lowest BCUT2D eigenvalue weighted by Gasteiger charge is -2.13. The Kier molecular flexibility index (Phi) is 7.00. The number of rotatable bonds is 7. The molecule has 0 aliphatic rings. The number of ether oxygens (including phenoxy) is 3. The van der Waals surface area contributed by atoms with Gasteiger partial charge < -0.3 is 18.4 Å². The molecule has 0 fully saturated rings. The summed E-state index contributed by atoms with van der Waals surface area (Å²) in [6, 6.07) is 8.58. The van der Waals surface area contributed by atoms with Gasteiger partial charge in [-0.2, -0.15) is 8.42 Å². The predicted octanol–water partition coefficient (Wildman–Crippen LogP) is 2.74. The molecule has 0 aliphatic heterocycles. The fraction of sp³-hybridized carbons (Fsp3) is 0.200. The summed E-state index contributed by atoms with van der Waals surface area (Å²) in [5, 5.41) is 0. The highest BCUT2D eigenvalue weighted by molar-refractivity contribution is 7.87. The zero-order valence-corrected chi connectivity index (χ0v) is 17.1. The molecule has 0 heterocycles. The summed E-state index contributed by atoms with van der Waals surface area (Å²) in [7, 11) is -0.452. The van der Waals surface area contributed by atoms with Crippen molar-refractivity contribution in [1.29, 1.82) is 0 Å². The highest BCUT2D eigenvalue weighted by atomic mass is 32.2. The van der Waals surface area contributed by atoms with E-state index in [0.717, 1.165) is 0 Å². The van der Waals surface area contributed by atoms with Crippen LogP contribution >= 0.6 is 0 Å². The Labute approximate surface area is 168 Å². The molecule has 9 heteroatoms. The van der Waals surface area contributed by atoms with Gasteiger partial charge in [-0.1, -0.05) is 12.1 Å². The third-order valence-corrected chi connectivity index (χ3v) is 5.26. The van der Waals surface area contributed by atoms with E-state index >= 15 is 0 Å². The second kappa shape index (κ2) is 9.24. The number of benzene rings is 2. The van der Waals surface area contributed by atoms with Gasteiger partial charge in [0.15, 0.2) is 11.5 Å². The third-order valence-electron chi connectivity index (χ3n) is 3.88. The van der Waals surface area contributed by atoms with Crippen LogP contribution in [-0.4, -0.2) is 41.7 Å². The number of hydrogen-bond acceptors (Lipinski definition) is 8. The second-order valence-corrected chi connectivity index (χ2v) is 7.29. The first kappa shape index (κ1) is 22.0. The Morgan fingerprint density at radius 3 is 2.28 bits per heavy atom. The Balaban J connectivity index is 2.38. The van der Waals surface area contributed by atoms with Crippen LogP contribution in [0, 0.1) is 6.92 Å². The van der Waals surface area contributed by atoms with Gasteiger partial charge in [0.25, 0.3) is 0 Å². The molecule has 0 atom stereocenters. The largest absolute Gasteiger partial charge is 0.493 e. The molecule has 0 unspecified atom stereocenters. The highest BCUT2D eigenvalue weighted by Crippen LogP contribution is 2.32. The van der Waals surface area contributed by atoms with E-state index in [2.05, 4.69) is 9.47 Å². The molecule has 2 aromatic rings. The maximum absolute atomic E-state index is 12.8. The summed E-state index contributed by atoms with van der Waals surface area (Å²) in [5.41, 5.74) is 1.05. The molecule has 0 saturated carbocycles. The summed E-state index contributed by atoms with van der Waals surface area (Å²) >= 11 is 0. The summed E-state index contributed by atoms with van der Waals surface area (Å²) in [5.74, 6) is -1.11. The lowest BCUT2D eigenvalue weighted by Crippen LogP contribution is -2.13. The van der Waals surface area contributed by atoms with Crippen molar-refractivity contribution in [3.63, 3.8) is 0 Å². The van der Waals surface area contributed by atoms with Gasteiger partial charge >= 0.3 is 22.1 Å². The van der Waals surface area contributed by atoms with E-state index in [4.69, 9.17) is 8.92 Å². The molecule has 8 nitrogen and oxygen atoms in total. The van der Waals surface area contributed by atoms with Gasteiger partial charge in [-0.05, 0) is 48.4 Å². The number of aryl methyl sites for hydroxylation is 1. The summed E-state index contributed by atoms with van der Waals surface area (Å²) in [4.78, 5) is 22.7. The number of carbonyl (C=O) groups is 2. The lowest BCUT2D eigenvalue weighted by molar-refractivity contribution is -0.134. The molecule has 154 valence electrons. The van der Waals surface area contributed by atoms with Crippen molar-refractivity contribution >= 4 is 28.1 Å². The normalized spacial score (nSPS) is 11.2. The molecule has 2 aromatic carbocycles. The van der Waals surface area contributed by atoms with Crippen LogP contribution < -0.4 is 8.92 Å². The molecular weight excluding hydrogens is 400 g/mol. The molecule has 2 rings (SSSR count). The Hall–Kier alpha value is -3.33. The fourth-order valence-electron chi connectivity index (χ4n) is 2.37. The molecular formula is C20H20O8S. The van der Waals surface area contributed by atoms with Crippen molar-refractivity contribution in [2.75, 3.05) is 21.3 Å². The van der Waals surface area contributed by atoms with Gasteiger partial charge in [-0.3, -0.25) is 0 Å². The smallest absolute Gasteiger partial charge is 0.339 e. The van der Waals surface area contributed by atoms with Crippen molar-refractivity contribution < 1.29 is 36.4 Å². The van der Waals surface area contributed by atoms with E-state index < -0.39 is 22.1 Å². The molecule has 0 aromatic heterocycles. The minimum absolute atomic E-state index is 0.0504. The van der Waals surface area contributed by atoms with Gasteiger partial charge in [0.1, 0.15) is 4.90 Å². The van der Waals surface area contributed by atoms with Crippen molar-refractivity contribution in [2.45, 2.75) is 11.8 Å². The Bertz CT molecular complexity index is 1050. The van der Waals surface area contributed by atoms with Crippen LogP contribution in [0.2, 0.25) is 0 Å². The third kappa shape index (κ3) is 5.35. The van der Waals surface area contributed by atoms with Gasteiger partial charge in [0.05, 0.1) is 26.9 Å². The maximum Gasteiger partial charge on any atom is 0.339 e. The Morgan fingerprint density at radius 1 is 0.931 bits per heavy atom. The van der Waals surface area contributed by atoms with Gasteiger partial charge in [-0.15, -0.1) is 0 Å². The first-order valence-corrected chi connectivity index (χ1v) is 9.70. The minimum atomic E-state index is -4.26. The fourth-order valence-corrected chi connectivity index (χ4v) is 3.56. The van der Waals surface area contributed by atoms with E-state index in [1.54, 1.807) is 13.0 Å². The summed E-state index contributed by atoms with van der Waals surface area (Å²) in [6.07, 6.45) is 2.70. The van der Waals surface area contributed by atoms with Crippen molar-refractivity contribution in [3.8, 4) is 11.5 Å². The zero-order valence-electron chi connectivity index (χ0n) is 16.3. The van der Waals surface area contributed by atoms with Crippen LogP contribution in [0.5, 0.6) is 11.5 Å². The molecule has 29 heavy (non-hydrogen) atoms. The van der Waals surface area contributed by atoms with Gasteiger partial charge in [0, 0.05) is 6.08 Å². The number of carbonyl (C=O) groups excluding carboxylic acids is 2.